The van der Waals surface area contributed by atoms with Crippen LogP contribution in [-0.2, 0) is 0 Å². The monoisotopic (exact) mass is 278 g/mol. The zero-order chi connectivity index (χ0) is 13.0. The molecule has 0 saturated carbocycles. The number of nitrogens with zero attached hydrogens (tertiary/aromatic N) is 2. The highest BCUT2D eigenvalue weighted by atomic mass is 32.2. The summed E-state index contributed by atoms with van der Waals surface area (Å²) in [6.07, 6.45) is 3.48. The molecule has 0 atom stereocenters. The van der Waals surface area contributed by atoms with E-state index in [1.165, 1.54) is 18.1 Å². The van der Waals surface area contributed by atoms with Crippen LogP contribution in [0.5, 0.6) is 0 Å². The largest absolute Gasteiger partial charge is 0.478 e. The highest BCUT2D eigenvalue weighted by molar-refractivity contribution is 7.99. The van der Waals surface area contributed by atoms with Crippen molar-refractivity contribution in [1.29, 1.82) is 0 Å². The summed E-state index contributed by atoms with van der Waals surface area (Å²) in [5.41, 5.74) is 0.284. The first-order valence-electron chi connectivity index (χ1n) is 5.06. The van der Waals surface area contributed by atoms with E-state index < -0.39 is 5.97 Å². The quantitative estimate of drug-likeness (QED) is 0.685. The second-order valence-corrected chi connectivity index (χ2v) is 5.25. The van der Waals surface area contributed by atoms with Gasteiger partial charge in [-0.2, -0.15) is 0 Å². The number of carboxylic acid groups (broad SMARTS) is 1. The van der Waals surface area contributed by atoms with Crippen molar-refractivity contribution in [2.45, 2.75) is 14.9 Å². The van der Waals surface area contributed by atoms with Gasteiger partial charge in [-0.3, -0.25) is 0 Å². The molecular weight excluding hydrogens is 268 g/mol. The molecule has 0 fully saturated rings. The average molecular weight is 278 g/mol. The maximum Gasteiger partial charge on any atom is 0.335 e. The number of hydrogen-bond donors (Lipinski definition) is 1. The van der Waals surface area contributed by atoms with Crippen molar-refractivity contribution < 1.29 is 9.90 Å². The SMILES string of the molecule is CSc1cc(Sc2ccc(C(=O)O)cc2)ncn1. The van der Waals surface area contributed by atoms with E-state index in [1.54, 1.807) is 36.0 Å². The van der Waals surface area contributed by atoms with Crippen LogP contribution in [0.4, 0.5) is 0 Å². The topological polar surface area (TPSA) is 63.1 Å². The van der Waals surface area contributed by atoms with Crippen molar-refractivity contribution in [2.24, 2.45) is 0 Å². The van der Waals surface area contributed by atoms with Gasteiger partial charge in [0.1, 0.15) is 16.4 Å². The Labute approximate surface area is 113 Å². The molecule has 0 amide bonds. The molecule has 0 bridgehead atoms. The molecule has 1 N–H and O–H groups in total. The Morgan fingerprint density at radius 2 is 1.83 bits per heavy atom. The van der Waals surface area contributed by atoms with Crippen molar-refractivity contribution in [3.8, 4) is 0 Å². The van der Waals surface area contributed by atoms with E-state index in [-0.39, 0.29) is 5.56 Å². The van der Waals surface area contributed by atoms with Crippen molar-refractivity contribution in [1.82, 2.24) is 9.97 Å². The number of benzene rings is 1. The smallest absolute Gasteiger partial charge is 0.335 e. The van der Waals surface area contributed by atoms with Crippen LogP contribution in [0, 0.1) is 0 Å². The second-order valence-electron chi connectivity index (χ2n) is 3.33. The van der Waals surface area contributed by atoms with Crippen molar-refractivity contribution in [2.75, 3.05) is 6.26 Å². The number of carboxylic acids is 1. The third-order valence-electron chi connectivity index (χ3n) is 2.15. The first-order valence-corrected chi connectivity index (χ1v) is 7.10. The predicted octanol–water partition coefficient (Wildman–Crippen LogP) is 3.05. The molecule has 2 rings (SSSR count). The van der Waals surface area contributed by atoms with E-state index in [0.717, 1.165) is 14.9 Å². The van der Waals surface area contributed by atoms with E-state index in [0.29, 0.717) is 0 Å². The third kappa shape index (κ3) is 3.24. The van der Waals surface area contributed by atoms with Crippen molar-refractivity contribution in [3.63, 3.8) is 0 Å². The van der Waals surface area contributed by atoms with Crippen molar-refractivity contribution >= 4 is 29.5 Å². The second kappa shape index (κ2) is 5.88. The standard InChI is InChI=1S/C12H10N2O2S2/c1-17-10-6-11(14-7-13-10)18-9-4-2-8(3-5-9)12(15)16/h2-7H,1H3,(H,15,16). The number of carbonyl (C=O) groups is 1. The molecule has 0 aliphatic carbocycles. The van der Waals surface area contributed by atoms with Crippen LogP contribution in [0.25, 0.3) is 0 Å². The number of aromatic carboxylic acids is 1. The number of aromatic nitrogens is 2. The minimum atomic E-state index is -0.918. The fraction of sp³-hybridized carbons (Fsp3) is 0.0833. The summed E-state index contributed by atoms with van der Waals surface area (Å²) in [6.45, 7) is 0. The zero-order valence-electron chi connectivity index (χ0n) is 9.53. The maximum atomic E-state index is 10.7. The molecule has 0 aliphatic rings. The molecule has 1 heterocycles. The summed E-state index contributed by atoms with van der Waals surface area (Å²) in [5, 5.41) is 10.6. The Bertz CT molecular complexity index is 558. The summed E-state index contributed by atoms with van der Waals surface area (Å²) in [6, 6.07) is 8.62. The third-order valence-corrected chi connectivity index (χ3v) is 3.73. The molecule has 2 aromatic rings. The summed E-state index contributed by atoms with van der Waals surface area (Å²) >= 11 is 3.04. The minimum Gasteiger partial charge on any atom is -0.478 e. The highest BCUT2D eigenvalue weighted by Gasteiger charge is 2.04. The van der Waals surface area contributed by atoms with E-state index in [4.69, 9.17) is 5.11 Å². The summed E-state index contributed by atoms with van der Waals surface area (Å²) in [7, 11) is 0. The van der Waals surface area contributed by atoms with Gasteiger partial charge in [-0.1, -0.05) is 11.8 Å². The molecular formula is C12H10N2O2S2. The van der Waals surface area contributed by atoms with Crippen LogP contribution in [0.1, 0.15) is 10.4 Å². The number of hydrogen-bond acceptors (Lipinski definition) is 5. The Kier molecular flexibility index (Phi) is 4.22. The average Bonchev–Trinajstić information content (AvgIpc) is 2.39. The summed E-state index contributed by atoms with van der Waals surface area (Å²) in [4.78, 5) is 19.9. The van der Waals surface area contributed by atoms with Crippen LogP contribution in [0.3, 0.4) is 0 Å². The molecule has 1 aromatic carbocycles. The van der Waals surface area contributed by atoms with Gasteiger partial charge in [0.2, 0.25) is 0 Å². The predicted molar refractivity (Wildman–Crippen MR) is 71.3 cm³/mol. The lowest BCUT2D eigenvalue weighted by Gasteiger charge is -2.02. The number of rotatable bonds is 4. The van der Waals surface area contributed by atoms with Gasteiger partial charge in [0.25, 0.3) is 0 Å². The molecule has 0 saturated heterocycles. The van der Waals surface area contributed by atoms with Crippen LogP contribution in [0.2, 0.25) is 0 Å². The van der Waals surface area contributed by atoms with Crippen LogP contribution >= 0.6 is 23.5 Å². The van der Waals surface area contributed by atoms with Gasteiger partial charge in [-0.25, -0.2) is 14.8 Å². The molecule has 6 heteroatoms. The lowest BCUT2D eigenvalue weighted by atomic mass is 10.2. The minimum absolute atomic E-state index is 0.284. The molecule has 0 spiro atoms. The Hall–Kier alpha value is -1.53. The van der Waals surface area contributed by atoms with Gasteiger partial charge < -0.3 is 5.11 Å². The fourth-order valence-corrected chi connectivity index (χ4v) is 2.52. The molecule has 18 heavy (non-hydrogen) atoms. The molecule has 92 valence electrons. The summed E-state index contributed by atoms with van der Waals surface area (Å²) < 4.78 is 0. The number of thioether (sulfide) groups is 1. The lowest BCUT2D eigenvalue weighted by molar-refractivity contribution is 0.0697. The lowest BCUT2D eigenvalue weighted by Crippen LogP contribution is -1.94. The molecule has 0 radical (unpaired) electrons. The molecule has 4 nitrogen and oxygen atoms in total. The van der Waals surface area contributed by atoms with Gasteiger partial charge in [0.15, 0.2) is 0 Å². The van der Waals surface area contributed by atoms with Gasteiger partial charge in [0, 0.05) is 11.0 Å². The van der Waals surface area contributed by atoms with E-state index in [9.17, 15) is 4.79 Å². The molecule has 1 aromatic heterocycles. The molecule has 0 unspecified atom stereocenters. The zero-order valence-corrected chi connectivity index (χ0v) is 11.2. The van der Waals surface area contributed by atoms with Gasteiger partial charge in [0.05, 0.1) is 5.56 Å². The van der Waals surface area contributed by atoms with E-state index in [2.05, 4.69) is 9.97 Å². The molecule has 0 aliphatic heterocycles. The van der Waals surface area contributed by atoms with E-state index in [1.807, 2.05) is 12.3 Å². The van der Waals surface area contributed by atoms with Crippen molar-refractivity contribution in [3.05, 3.63) is 42.2 Å². The first kappa shape index (κ1) is 12.9. The normalized spacial score (nSPS) is 10.3. The van der Waals surface area contributed by atoms with Crippen LogP contribution in [0.15, 0.2) is 51.6 Å². The van der Waals surface area contributed by atoms with Crippen LogP contribution in [-0.4, -0.2) is 27.3 Å². The van der Waals surface area contributed by atoms with E-state index >= 15 is 0 Å². The maximum absolute atomic E-state index is 10.7. The van der Waals surface area contributed by atoms with Gasteiger partial charge in [-0.15, -0.1) is 11.8 Å². The van der Waals surface area contributed by atoms with Gasteiger partial charge >= 0.3 is 5.97 Å². The van der Waals surface area contributed by atoms with Crippen LogP contribution < -0.4 is 0 Å². The Balaban J connectivity index is 2.15. The Morgan fingerprint density at radius 1 is 1.17 bits per heavy atom. The van der Waals surface area contributed by atoms with Gasteiger partial charge in [-0.05, 0) is 30.5 Å². The first-order chi connectivity index (χ1) is 8.69. The summed E-state index contributed by atoms with van der Waals surface area (Å²) in [5.74, 6) is -0.918. The highest BCUT2D eigenvalue weighted by Crippen LogP contribution is 2.27. The Morgan fingerprint density at radius 3 is 2.44 bits per heavy atom. The fourth-order valence-electron chi connectivity index (χ4n) is 1.28.